The van der Waals surface area contributed by atoms with Crippen molar-refractivity contribution in [2.45, 2.75) is 13.8 Å². The molecule has 21 heavy (non-hydrogen) atoms. The zero-order chi connectivity index (χ0) is 16.0. The fourth-order valence-electron chi connectivity index (χ4n) is 1.83. The van der Waals surface area contributed by atoms with Gasteiger partial charge in [0.25, 0.3) is 11.4 Å². The van der Waals surface area contributed by atoms with Crippen molar-refractivity contribution in [1.29, 1.82) is 0 Å². The van der Waals surface area contributed by atoms with Crippen LogP contribution in [0.1, 0.15) is 13.8 Å². The number of hydrogen-bond acceptors (Lipinski definition) is 6. The molecule has 0 saturated carbocycles. The highest BCUT2D eigenvalue weighted by molar-refractivity contribution is 5.82. The first-order valence-corrected chi connectivity index (χ1v) is 6.35. The van der Waals surface area contributed by atoms with Gasteiger partial charge in [0, 0.05) is 19.2 Å². The monoisotopic (exact) mass is 296 g/mol. The normalized spacial score (nSPS) is 10.0. The van der Waals surface area contributed by atoms with E-state index in [0.29, 0.717) is 13.1 Å². The summed E-state index contributed by atoms with van der Waals surface area (Å²) in [5, 5.41) is 24.4. The summed E-state index contributed by atoms with van der Waals surface area (Å²) in [7, 11) is 0. The maximum Gasteiger partial charge on any atom is 0.299 e. The summed E-state index contributed by atoms with van der Waals surface area (Å²) in [4.78, 5) is 33.5. The van der Waals surface area contributed by atoms with Crippen LogP contribution in [0.4, 0.5) is 17.1 Å². The Labute approximate surface area is 120 Å². The second-order valence-corrected chi connectivity index (χ2v) is 4.15. The topological polar surface area (TPSA) is 119 Å². The molecular weight excluding hydrogens is 280 g/mol. The molecule has 1 aromatic rings. The lowest BCUT2D eigenvalue weighted by atomic mass is 10.2. The second kappa shape index (κ2) is 7.17. The van der Waals surface area contributed by atoms with Gasteiger partial charge in [0.05, 0.1) is 22.5 Å². The molecule has 0 aromatic heterocycles. The Bertz CT molecular complexity index is 561. The van der Waals surface area contributed by atoms with E-state index in [0.717, 1.165) is 6.07 Å². The van der Waals surface area contributed by atoms with Gasteiger partial charge in [0.2, 0.25) is 5.91 Å². The van der Waals surface area contributed by atoms with Crippen LogP contribution in [0.2, 0.25) is 0 Å². The van der Waals surface area contributed by atoms with Crippen LogP contribution in [0.3, 0.4) is 0 Å². The van der Waals surface area contributed by atoms with E-state index in [-0.39, 0.29) is 23.8 Å². The smallest absolute Gasteiger partial charge is 0.299 e. The summed E-state index contributed by atoms with van der Waals surface area (Å²) in [6.45, 7) is 4.27. The molecule has 114 valence electrons. The molecule has 0 fully saturated rings. The third kappa shape index (κ3) is 4.13. The molecule has 0 radical (unpaired) electrons. The van der Waals surface area contributed by atoms with Crippen LogP contribution in [0.5, 0.6) is 0 Å². The number of carbonyl (C=O) groups excluding carboxylic acids is 1. The Balaban J connectivity index is 3.16. The molecule has 9 heteroatoms. The number of nitro benzene ring substituents is 2. The van der Waals surface area contributed by atoms with E-state index < -0.39 is 15.5 Å². The maximum absolute atomic E-state index is 11.6. The van der Waals surface area contributed by atoms with E-state index >= 15 is 0 Å². The molecule has 0 atom stereocenters. The average Bonchev–Trinajstić information content (AvgIpc) is 2.44. The quantitative estimate of drug-likeness (QED) is 0.601. The van der Waals surface area contributed by atoms with Gasteiger partial charge in [-0.15, -0.1) is 0 Å². The molecule has 0 bridgehead atoms. The molecule has 0 saturated heterocycles. The Morgan fingerprint density at radius 2 is 1.90 bits per heavy atom. The summed E-state index contributed by atoms with van der Waals surface area (Å²) in [5.41, 5.74) is -0.575. The van der Waals surface area contributed by atoms with Crippen LogP contribution in [0.15, 0.2) is 18.2 Å². The van der Waals surface area contributed by atoms with Crippen molar-refractivity contribution in [1.82, 2.24) is 5.32 Å². The summed E-state index contributed by atoms with van der Waals surface area (Å²) < 4.78 is 0. The van der Waals surface area contributed by atoms with Crippen molar-refractivity contribution in [3.63, 3.8) is 0 Å². The lowest BCUT2D eigenvalue weighted by molar-refractivity contribution is -0.393. The predicted molar refractivity (Wildman–Crippen MR) is 76.3 cm³/mol. The third-order valence-corrected chi connectivity index (χ3v) is 2.80. The van der Waals surface area contributed by atoms with E-state index in [9.17, 15) is 25.0 Å². The van der Waals surface area contributed by atoms with E-state index in [2.05, 4.69) is 5.32 Å². The van der Waals surface area contributed by atoms with Gasteiger partial charge in [0.15, 0.2) is 0 Å². The van der Waals surface area contributed by atoms with Gasteiger partial charge in [-0.25, -0.2) is 0 Å². The van der Waals surface area contributed by atoms with Crippen molar-refractivity contribution in [2.75, 3.05) is 24.5 Å². The van der Waals surface area contributed by atoms with E-state index in [4.69, 9.17) is 0 Å². The third-order valence-electron chi connectivity index (χ3n) is 2.80. The summed E-state index contributed by atoms with van der Waals surface area (Å²) in [5.74, 6) is -0.271. The summed E-state index contributed by atoms with van der Waals surface area (Å²) in [6.07, 6.45) is 0. The van der Waals surface area contributed by atoms with E-state index in [1.165, 1.54) is 17.0 Å². The van der Waals surface area contributed by atoms with Crippen LogP contribution < -0.4 is 10.2 Å². The van der Waals surface area contributed by atoms with Crippen LogP contribution in [-0.2, 0) is 4.79 Å². The highest BCUT2D eigenvalue weighted by atomic mass is 16.6. The number of non-ortho nitro benzene ring substituents is 1. The molecule has 1 aromatic carbocycles. The van der Waals surface area contributed by atoms with Gasteiger partial charge in [-0.2, -0.15) is 0 Å². The lowest BCUT2D eigenvalue weighted by Crippen LogP contribution is -2.37. The van der Waals surface area contributed by atoms with Crippen LogP contribution >= 0.6 is 0 Å². The predicted octanol–water partition coefficient (Wildman–Crippen LogP) is 1.47. The Hall–Kier alpha value is -2.71. The Morgan fingerprint density at radius 1 is 1.24 bits per heavy atom. The average molecular weight is 296 g/mol. The van der Waals surface area contributed by atoms with Gasteiger partial charge in [0.1, 0.15) is 5.69 Å². The highest BCUT2D eigenvalue weighted by Gasteiger charge is 2.23. The zero-order valence-electron chi connectivity index (χ0n) is 11.7. The summed E-state index contributed by atoms with van der Waals surface area (Å²) in [6, 6.07) is 3.37. The van der Waals surface area contributed by atoms with Crippen LogP contribution in [0.25, 0.3) is 0 Å². The minimum absolute atomic E-state index is 0.0526. The van der Waals surface area contributed by atoms with Gasteiger partial charge >= 0.3 is 0 Å². The number of rotatable bonds is 7. The summed E-state index contributed by atoms with van der Waals surface area (Å²) >= 11 is 0. The highest BCUT2D eigenvalue weighted by Crippen LogP contribution is 2.31. The molecule has 0 heterocycles. The fraction of sp³-hybridized carbons (Fsp3) is 0.417. The number of nitrogens with one attached hydrogen (secondary N) is 1. The number of carbonyl (C=O) groups is 1. The zero-order valence-corrected chi connectivity index (χ0v) is 11.7. The van der Waals surface area contributed by atoms with Gasteiger partial charge in [-0.3, -0.25) is 25.0 Å². The molecular formula is C12H16N4O5. The Morgan fingerprint density at radius 3 is 2.38 bits per heavy atom. The number of hydrogen-bond donors (Lipinski definition) is 1. The lowest BCUT2D eigenvalue weighted by Gasteiger charge is -2.21. The molecule has 1 amide bonds. The number of amides is 1. The van der Waals surface area contributed by atoms with Crippen molar-refractivity contribution >= 4 is 23.0 Å². The molecule has 0 aliphatic heterocycles. The minimum atomic E-state index is -0.698. The molecule has 0 aliphatic rings. The fourth-order valence-corrected chi connectivity index (χ4v) is 1.83. The molecule has 0 aliphatic carbocycles. The van der Waals surface area contributed by atoms with Crippen molar-refractivity contribution in [3.8, 4) is 0 Å². The molecule has 0 unspecified atom stereocenters. The number of benzene rings is 1. The van der Waals surface area contributed by atoms with E-state index in [1.807, 2.05) is 0 Å². The SMILES string of the molecule is CCNC(=O)CN(CC)c1ccc([N+](=O)[O-])cc1[N+](=O)[O-]. The molecule has 1 N–H and O–H groups in total. The Kier molecular flexibility index (Phi) is 5.58. The maximum atomic E-state index is 11.6. The molecule has 1 rings (SSSR count). The number of nitro groups is 2. The second-order valence-electron chi connectivity index (χ2n) is 4.15. The minimum Gasteiger partial charge on any atom is -0.357 e. The van der Waals surface area contributed by atoms with Crippen LogP contribution in [-0.4, -0.2) is 35.4 Å². The van der Waals surface area contributed by atoms with Crippen molar-refractivity contribution < 1.29 is 14.6 Å². The first-order chi connectivity index (χ1) is 9.90. The number of anilines is 1. The molecule has 0 spiro atoms. The first-order valence-electron chi connectivity index (χ1n) is 6.35. The van der Waals surface area contributed by atoms with E-state index in [1.54, 1.807) is 13.8 Å². The standard InChI is InChI=1S/C12H16N4O5/c1-3-13-12(17)8-14(4-2)10-6-5-9(15(18)19)7-11(10)16(20)21/h5-7H,3-4,8H2,1-2H3,(H,13,17). The largest absolute Gasteiger partial charge is 0.357 e. The number of likely N-dealkylation sites (N-methyl/N-ethyl adjacent to an activating group) is 2. The van der Waals surface area contributed by atoms with Gasteiger partial charge in [-0.1, -0.05) is 0 Å². The molecule has 9 nitrogen and oxygen atoms in total. The van der Waals surface area contributed by atoms with Crippen molar-refractivity contribution in [2.24, 2.45) is 0 Å². The van der Waals surface area contributed by atoms with Crippen LogP contribution in [0, 0.1) is 20.2 Å². The van der Waals surface area contributed by atoms with Gasteiger partial charge < -0.3 is 10.2 Å². The van der Waals surface area contributed by atoms with Crippen molar-refractivity contribution in [3.05, 3.63) is 38.4 Å². The first kappa shape index (κ1) is 16.3. The number of nitrogens with zero attached hydrogens (tertiary/aromatic N) is 3. The van der Waals surface area contributed by atoms with Gasteiger partial charge in [-0.05, 0) is 19.9 Å².